The molecule has 0 saturated heterocycles. The van der Waals surface area contributed by atoms with Crippen molar-refractivity contribution >= 4 is 33.3 Å². The summed E-state index contributed by atoms with van der Waals surface area (Å²) in [5.74, 6) is -1.71. The van der Waals surface area contributed by atoms with E-state index in [0.717, 1.165) is 17.9 Å². The molecule has 1 atom stereocenters. The summed E-state index contributed by atoms with van der Waals surface area (Å²) < 4.78 is 44.3. The third-order valence-corrected chi connectivity index (χ3v) is 5.52. The Morgan fingerprint density at radius 1 is 1.06 bits per heavy atom. The molecule has 0 aromatic heterocycles. The van der Waals surface area contributed by atoms with Crippen molar-refractivity contribution in [1.29, 1.82) is 0 Å². The number of carbonyl (C=O) groups is 2. The zero-order valence-electron chi connectivity index (χ0n) is 17.0. The third kappa shape index (κ3) is 4.78. The highest BCUT2D eigenvalue weighted by atomic mass is 32.2. The Morgan fingerprint density at radius 2 is 1.81 bits per heavy atom. The van der Waals surface area contributed by atoms with Crippen LogP contribution in [0.2, 0.25) is 0 Å². The number of esters is 1. The fourth-order valence-corrected chi connectivity index (χ4v) is 4.03. The first-order chi connectivity index (χ1) is 15.2. The number of fused-ring (bicyclic) bond motifs is 1. The van der Waals surface area contributed by atoms with Gasteiger partial charge in [0.25, 0.3) is 5.91 Å². The lowest BCUT2D eigenvalue weighted by molar-refractivity contribution is 0.0252. The van der Waals surface area contributed by atoms with E-state index in [-0.39, 0.29) is 11.4 Å². The van der Waals surface area contributed by atoms with Gasteiger partial charge in [-0.25, -0.2) is 17.6 Å². The molecule has 0 bridgehead atoms. The molecule has 7 nitrogen and oxygen atoms in total. The van der Waals surface area contributed by atoms with Gasteiger partial charge in [0.05, 0.1) is 17.5 Å². The number of hydrogen-bond acceptors (Lipinski definition) is 5. The number of cyclic esters (lactones) is 1. The van der Waals surface area contributed by atoms with Crippen LogP contribution >= 0.6 is 0 Å². The van der Waals surface area contributed by atoms with Gasteiger partial charge in [0.15, 0.2) is 0 Å². The van der Waals surface area contributed by atoms with Crippen molar-refractivity contribution in [3.05, 3.63) is 94.8 Å². The fraction of sp³-hybridized carbons (Fsp3) is 0.130. The van der Waals surface area contributed by atoms with Gasteiger partial charge in [-0.15, -0.1) is 0 Å². The van der Waals surface area contributed by atoms with E-state index >= 15 is 0 Å². The lowest BCUT2D eigenvalue weighted by atomic mass is 9.93. The lowest BCUT2D eigenvalue weighted by Crippen LogP contribution is -2.23. The second-order valence-corrected chi connectivity index (χ2v) is 9.15. The Kier molecular flexibility index (Phi) is 5.67. The molecule has 1 amide bonds. The Morgan fingerprint density at radius 3 is 2.53 bits per heavy atom. The molecular weight excluding hydrogens is 435 g/mol. The number of amides is 1. The first-order valence-electron chi connectivity index (χ1n) is 9.67. The van der Waals surface area contributed by atoms with Crippen LogP contribution in [0.3, 0.4) is 0 Å². The van der Waals surface area contributed by atoms with Crippen molar-refractivity contribution in [2.75, 3.05) is 16.3 Å². The number of anilines is 2. The van der Waals surface area contributed by atoms with Crippen molar-refractivity contribution in [3.63, 3.8) is 0 Å². The molecule has 2 N–H and O–H groups in total. The van der Waals surface area contributed by atoms with Crippen LogP contribution in [0.4, 0.5) is 15.8 Å². The highest BCUT2D eigenvalue weighted by Crippen LogP contribution is 2.31. The van der Waals surface area contributed by atoms with Crippen molar-refractivity contribution in [3.8, 4) is 0 Å². The topological polar surface area (TPSA) is 102 Å². The van der Waals surface area contributed by atoms with Gasteiger partial charge in [-0.2, -0.15) is 0 Å². The molecule has 0 aliphatic carbocycles. The second kappa shape index (κ2) is 8.43. The van der Waals surface area contributed by atoms with Crippen LogP contribution in [0, 0.1) is 5.82 Å². The van der Waals surface area contributed by atoms with Gasteiger partial charge in [0.1, 0.15) is 11.9 Å². The number of carbonyl (C=O) groups excluding carboxylic acids is 2. The van der Waals surface area contributed by atoms with E-state index in [4.69, 9.17) is 4.74 Å². The van der Waals surface area contributed by atoms with Crippen LogP contribution in [0.5, 0.6) is 0 Å². The van der Waals surface area contributed by atoms with Crippen molar-refractivity contribution < 1.29 is 27.1 Å². The predicted molar refractivity (Wildman–Crippen MR) is 118 cm³/mol. The zero-order valence-corrected chi connectivity index (χ0v) is 17.8. The van der Waals surface area contributed by atoms with E-state index in [1.807, 2.05) is 30.3 Å². The van der Waals surface area contributed by atoms with Gasteiger partial charge in [-0.1, -0.05) is 30.3 Å². The molecule has 3 aromatic rings. The standard InChI is InChI=1S/C23H19FN2O5S/c1-32(29,30)26-20-13-17(8-10-19(20)24)25-22(27)15-7-9-18-16(11-15)12-21(31-23(18)28)14-5-3-2-4-6-14/h2-11,13,21,26H,12H2,1H3,(H,25,27)/t21-/m1/s1. The molecule has 0 fully saturated rings. The first kappa shape index (κ1) is 21.5. The minimum Gasteiger partial charge on any atom is -0.454 e. The predicted octanol–water partition coefficient (Wildman–Crippen LogP) is 3.90. The van der Waals surface area contributed by atoms with Gasteiger partial charge in [-0.05, 0) is 47.5 Å². The maximum atomic E-state index is 13.9. The monoisotopic (exact) mass is 454 g/mol. The van der Waals surface area contributed by atoms with Crippen molar-refractivity contribution in [2.24, 2.45) is 0 Å². The number of rotatable bonds is 5. The molecule has 9 heteroatoms. The zero-order chi connectivity index (χ0) is 22.9. The van der Waals surface area contributed by atoms with E-state index in [2.05, 4.69) is 10.0 Å². The van der Waals surface area contributed by atoms with Gasteiger partial charge in [0, 0.05) is 17.7 Å². The highest BCUT2D eigenvalue weighted by molar-refractivity contribution is 7.92. The summed E-state index contributed by atoms with van der Waals surface area (Å²) in [7, 11) is -3.69. The maximum absolute atomic E-state index is 13.9. The van der Waals surface area contributed by atoms with Crippen molar-refractivity contribution in [1.82, 2.24) is 0 Å². The summed E-state index contributed by atoms with van der Waals surface area (Å²) >= 11 is 0. The van der Waals surface area contributed by atoms with Crippen LogP contribution in [0.15, 0.2) is 66.7 Å². The molecule has 1 aliphatic heterocycles. The lowest BCUT2D eigenvalue weighted by Gasteiger charge is -2.25. The molecule has 1 aliphatic rings. The van der Waals surface area contributed by atoms with E-state index in [1.165, 1.54) is 24.3 Å². The third-order valence-electron chi connectivity index (χ3n) is 4.93. The molecule has 0 radical (unpaired) electrons. The number of ether oxygens (including phenoxy) is 1. The average Bonchev–Trinajstić information content (AvgIpc) is 2.75. The minimum atomic E-state index is -3.69. The molecule has 1 heterocycles. The summed E-state index contributed by atoms with van der Waals surface area (Å²) in [6.07, 6.45) is 0.875. The van der Waals surface area contributed by atoms with Gasteiger partial charge < -0.3 is 10.1 Å². The molecule has 32 heavy (non-hydrogen) atoms. The first-order valence-corrected chi connectivity index (χ1v) is 11.6. The van der Waals surface area contributed by atoms with E-state index in [0.29, 0.717) is 23.1 Å². The summed E-state index contributed by atoms with van der Waals surface area (Å²) in [4.78, 5) is 25.2. The SMILES string of the molecule is CS(=O)(=O)Nc1cc(NC(=O)c2ccc3c(c2)C[C@H](c2ccccc2)OC3=O)ccc1F. The van der Waals surface area contributed by atoms with Gasteiger partial charge >= 0.3 is 5.97 Å². The second-order valence-electron chi connectivity index (χ2n) is 7.40. The quantitative estimate of drug-likeness (QED) is 0.570. The number of hydrogen-bond donors (Lipinski definition) is 2. The minimum absolute atomic E-state index is 0.210. The van der Waals surface area contributed by atoms with E-state index in [9.17, 15) is 22.4 Å². The van der Waals surface area contributed by atoms with Crippen LogP contribution in [0.25, 0.3) is 0 Å². The number of nitrogens with one attached hydrogen (secondary N) is 2. The molecule has 164 valence electrons. The van der Waals surface area contributed by atoms with Crippen LogP contribution in [0.1, 0.15) is 37.9 Å². The summed E-state index contributed by atoms with van der Waals surface area (Å²) in [5, 5.41) is 2.62. The molecule has 0 unspecified atom stereocenters. The molecular formula is C23H19FN2O5S. The van der Waals surface area contributed by atoms with Gasteiger partial charge in [-0.3, -0.25) is 9.52 Å². The van der Waals surface area contributed by atoms with Crippen molar-refractivity contribution in [2.45, 2.75) is 12.5 Å². The Hall–Kier alpha value is -3.72. The smallest absolute Gasteiger partial charge is 0.339 e. The van der Waals surface area contributed by atoms with E-state index in [1.54, 1.807) is 6.07 Å². The molecule has 0 spiro atoms. The number of sulfonamides is 1. The Bertz CT molecular complexity index is 1310. The Labute approximate surface area is 184 Å². The summed E-state index contributed by atoms with van der Waals surface area (Å²) in [6.45, 7) is 0. The largest absolute Gasteiger partial charge is 0.454 e. The average molecular weight is 454 g/mol. The Balaban J connectivity index is 1.56. The van der Waals surface area contributed by atoms with Crippen LogP contribution < -0.4 is 10.0 Å². The van der Waals surface area contributed by atoms with E-state index < -0.39 is 33.8 Å². The summed E-state index contributed by atoms with van der Waals surface area (Å²) in [5.41, 5.74) is 2.17. The maximum Gasteiger partial charge on any atom is 0.339 e. The van der Waals surface area contributed by atoms with Crippen LogP contribution in [-0.2, 0) is 21.2 Å². The normalized spacial score (nSPS) is 15.4. The molecule has 3 aromatic carbocycles. The molecule has 4 rings (SSSR count). The highest BCUT2D eigenvalue weighted by Gasteiger charge is 2.28. The van der Waals surface area contributed by atoms with Crippen LogP contribution in [-0.4, -0.2) is 26.6 Å². The van der Waals surface area contributed by atoms with Gasteiger partial charge in [0.2, 0.25) is 10.0 Å². The number of halogens is 1. The number of benzene rings is 3. The molecule has 0 saturated carbocycles. The fourth-order valence-electron chi connectivity index (χ4n) is 3.47. The summed E-state index contributed by atoms with van der Waals surface area (Å²) in [6, 6.07) is 17.6.